The van der Waals surface area contributed by atoms with Crippen LogP contribution >= 0.6 is 0 Å². The zero-order chi connectivity index (χ0) is 16.8. The number of nitrogens with zero attached hydrogens (tertiary/aromatic N) is 1. The third-order valence-corrected chi connectivity index (χ3v) is 3.59. The van der Waals surface area contributed by atoms with Crippen molar-refractivity contribution in [2.45, 2.75) is 6.42 Å². The summed E-state index contributed by atoms with van der Waals surface area (Å²) >= 11 is 0. The summed E-state index contributed by atoms with van der Waals surface area (Å²) in [5.74, 6) is 0.276. The molecule has 1 amide bonds. The van der Waals surface area contributed by atoms with Crippen LogP contribution in [0.1, 0.15) is 16.1 Å². The molecule has 0 bridgehead atoms. The Morgan fingerprint density at radius 1 is 1.12 bits per heavy atom. The van der Waals surface area contributed by atoms with E-state index in [1.807, 2.05) is 54.6 Å². The van der Waals surface area contributed by atoms with Gasteiger partial charge in [0.1, 0.15) is 0 Å². The maximum absolute atomic E-state index is 12.4. The second kappa shape index (κ2) is 7.57. The Morgan fingerprint density at radius 3 is 2.67 bits per heavy atom. The summed E-state index contributed by atoms with van der Waals surface area (Å²) in [7, 11) is 1.65. The first-order chi connectivity index (χ1) is 11.8. The van der Waals surface area contributed by atoms with Crippen molar-refractivity contribution < 1.29 is 13.9 Å². The monoisotopic (exact) mass is 322 g/mol. The van der Waals surface area contributed by atoms with Crippen LogP contribution in [0.5, 0.6) is 0 Å². The minimum absolute atomic E-state index is 0.176. The molecule has 3 rings (SSSR count). The standard InChI is InChI=1S/C19H18N2O3/c1-23-12-11-14-7-5-6-10-16(14)21-18(22)17-13-20-19(24-17)15-8-3-2-4-9-15/h2-10,13H,11-12H2,1H3,(H,21,22). The van der Waals surface area contributed by atoms with Crippen molar-refractivity contribution in [3.05, 3.63) is 72.1 Å². The number of rotatable bonds is 6. The first-order valence-electron chi connectivity index (χ1n) is 7.67. The van der Waals surface area contributed by atoms with Gasteiger partial charge in [-0.25, -0.2) is 4.98 Å². The Hall–Kier alpha value is -2.92. The molecule has 0 unspecified atom stereocenters. The molecule has 1 N–H and O–H groups in total. The van der Waals surface area contributed by atoms with E-state index in [1.54, 1.807) is 7.11 Å². The molecular weight excluding hydrogens is 304 g/mol. The molecule has 0 aliphatic rings. The Kier molecular flexibility index (Phi) is 5.03. The number of amides is 1. The minimum Gasteiger partial charge on any atom is -0.431 e. The lowest BCUT2D eigenvalue weighted by Crippen LogP contribution is -2.13. The molecule has 1 heterocycles. The first-order valence-corrected chi connectivity index (χ1v) is 7.67. The van der Waals surface area contributed by atoms with Gasteiger partial charge in [0, 0.05) is 18.4 Å². The van der Waals surface area contributed by atoms with Crippen LogP contribution < -0.4 is 5.32 Å². The number of hydrogen-bond donors (Lipinski definition) is 1. The zero-order valence-electron chi connectivity index (χ0n) is 13.4. The Balaban J connectivity index is 1.75. The molecule has 2 aromatic carbocycles. The van der Waals surface area contributed by atoms with Crippen molar-refractivity contribution in [2.24, 2.45) is 0 Å². The normalized spacial score (nSPS) is 10.5. The van der Waals surface area contributed by atoms with Crippen LogP contribution in [0.25, 0.3) is 11.5 Å². The van der Waals surface area contributed by atoms with Crippen LogP contribution in [0, 0.1) is 0 Å². The average Bonchev–Trinajstić information content (AvgIpc) is 3.12. The summed E-state index contributed by atoms with van der Waals surface area (Å²) in [4.78, 5) is 16.6. The van der Waals surface area contributed by atoms with Gasteiger partial charge in [0.15, 0.2) is 0 Å². The number of oxazole rings is 1. The molecule has 0 atom stereocenters. The summed E-state index contributed by atoms with van der Waals surface area (Å²) in [5, 5.41) is 2.87. The number of ether oxygens (including phenoxy) is 1. The lowest BCUT2D eigenvalue weighted by molar-refractivity contribution is 0.0997. The number of carbonyl (C=O) groups is 1. The summed E-state index contributed by atoms with van der Waals surface area (Å²) in [6.45, 7) is 0.591. The smallest absolute Gasteiger partial charge is 0.293 e. The predicted molar refractivity (Wildman–Crippen MR) is 91.9 cm³/mol. The van der Waals surface area contributed by atoms with Crippen LogP contribution in [0.2, 0.25) is 0 Å². The number of methoxy groups -OCH3 is 1. The maximum Gasteiger partial charge on any atom is 0.293 e. The number of hydrogen-bond acceptors (Lipinski definition) is 4. The van der Waals surface area contributed by atoms with Crippen molar-refractivity contribution in [3.8, 4) is 11.5 Å². The average molecular weight is 322 g/mol. The fraction of sp³-hybridized carbons (Fsp3) is 0.158. The van der Waals surface area contributed by atoms with Gasteiger partial charge < -0.3 is 14.5 Å². The van der Waals surface area contributed by atoms with E-state index in [9.17, 15) is 4.79 Å². The number of para-hydroxylation sites is 1. The molecule has 0 fully saturated rings. The van der Waals surface area contributed by atoms with Crippen molar-refractivity contribution in [1.29, 1.82) is 0 Å². The third-order valence-electron chi connectivity index (χ3n) is 3.59. The van der Waals surface area contributed by atoms with Gasteiger partial charge in [0.2, 0.25) is 11.7 Å². The van der Waals surface area contributed by atoms with Crippen LogP contribution in [0.3, 0.4) is 0 Å². The minimum atomic E-state index is -0.324. The summed E-state index contributed by atoms with van der Waals surface area (Å²) in [6.07, 6.45) is 2.16. The molecule has 0 saturated heterocycles. The molecule has 0 saturated carbocycles. The Labute approximate surface area is 140 Å². The highest BCUT2D eigenvalue weighted by atomic mass is 16.5. The largest absolute Gasteiger partial charge is 0.431 e. The van der Waals surface area contributed by atoms with E-state index in [4.69, 9.17) is 9.15 Å². The fourth-order valence-electron chi connectivity index (χ4n) is 2.35. The number of anilines is 1. The van der Waals surface area contributed by atoms with E-state index in [0.29, 0.717) is 12.5 Å². The van der Waals surface area contributed by atoms with Crippen molar-refractivity contribution in [2.75, 3.05) is 19.0 Å². The van der Waals surface area contributed by atoms with Crippen molar-refractivity contribution in [1.82, 2.24) is 4.98 Å². The van der Waals surface area contributed by atoms with Gasteiger partial charge in [-0.3, -0.25) is 4.79 Å². The van der Waals surface area contributed by atoms with Gasteiger partial charge in [-0.1, -0.05) is 36.4 Å². The topological polar surface area (TPSA) is 64.4 Å². The molecule has 0 radical (unpaired) electrons. The first kappa shape index (κ1) is 16.0. The van der Waals surface area contributed by atoms with Crippen LogP contribution in [0.15, 0.2) is 65.2 Å². The van der Waals surface area contributed by atoms with E-state index in [0.717, 1.165) is 23.2 Å². The summed E-state index contributed by atoms with van der Waals surface area (Å²) in [6, 6.07) is 17.1. The van der Waals surface area contributed by atoms with Gasteiger partial charge in [-0.05, 0) is 30.2 Å². The predicted octanol–water partition coefficient (Wildman–Crippen LogP) is 3.78. The molecule has 0 aliphatic carbocycles. The fourth-order valence-corrected chi connectivity index (χ4v) is 2.35. The highest BCUT2D eigenvalue weighted by Gasteiger charge is 2.15. The number of benzene rings is 2. The second-order valence-electron chi connectivity index (χ2n) is 5.25. The molecule has 5 nitrogen and oxygen atoms in total. The molecule has 24 heavy (non-hydrogen) atoms. The molecule has 0 aliphatic heterocycles. The molecule has 3 aromatic rings. The number of nitrogens with one attached hydrogen (secondary N) is 1. The highest BCUT2D eigenvalue weighted by molar-refractivity contribution is 6.02. The molecule has 5 heteroatoms. The molecule has 0 spiro atoms. The number of carbonyl (C=O) groups excluding carboxylic acids is 1. The SMILES string of the molecule is COCCc1ccccc1NC(=O)c1cnc(-c2ccccc2)o1. The van der Waals surface area contributed by atoms with Gasteiger partial charge in [0.05, 0.1) is 12.8 Å². The van der Waals surface area contributed by atoms with Gasteiger partial charge in [0.25, 0.3) is 5.91 Å². The van der Waals surface area contributed by atoms with Crippen molar-refractivity contribution >= 4 is 11.6 Å². The maximum atomic E-state index is 12.4. The molecular formula is C19H18N2O3. The summed E-state index contributed by atoms with van der Waals surface area (Å²) in [5.41, 5.74) is 2.59. The lowest BCUT2D eigenvalue weighted by Gasteiger charge is -2.09. The zero-order valence-corrected chi connectivity index (χ0v) is 13.4. The van der Waals surface area contributed by atoms with Crippen molar-refractivity contribution in [3.63, 3.8) is 0 Å². The highest BCUT2D eigenvalue weighted by Crippen LogP contribution is 2.21. The van der Waals surface area contributed by atoms with Gasteiger partial charge in [-0.2, -0.15) is 0 Å². The van der Waals surface area contributed by atoms with E-state index >= 15 is 0 Å². The van der Waals surface area contributed by atoms with Crippen LogP contribution in [0.4, 0.5) is 5.69 Å². The number of aromatic nitrogens is 1. The van der Waals surface area contributed by atoms with E-state index in [2.05, 4.69) is 10.3 Å². The van der Waals surface area contributed by atoms with E-state index in [1.165, 1.54) is 6.20 Å². The molecule has 1 aromatic heterocycles. The van der Waals surface area contributed by atoms with Crippen LogP contribution in [-0.4, -0.2) is 24.6 Å². The quantitative estimate of drug-likeness (QED) is 0.750. The van der Waals surface area contributed by atoms with E-state index in [-0.39, 0.29) is 11.7 Å². The van der Waals surface area contributed by atoms with Crippen LogP contribution in [-0.2, 0) is 11.2 Å². The lowest BCUT2D eigenvalue weighted by atomic mass is 10.1. The Morgan fingerprint density at radius 2 is 1.88 bits per heavy atom. The second-order valence-corrected chi connectivity index (χ2v) is 5.25. The van der Waals surface area contributed by atoms with Gasteiger partial charge >= 0.3 is 0 Å². The van der Waals surface area contributed by atoms with Gasteiger partial charge in [-0.15, -0.1) is 0 Å². The third kappa shape index (κ3) is 3.70. The summed E-state index contributed by atoms with van der Waals surface area (Å²) < 4.78 is 10.7. The molecule has 122 valence electrons. The van der Waals surface area contributed by atoms with E-state index < -0.39 is 0 Å². The Bertz CT molecular complexity index is 812.